The molecule has 1 aliphatic heterocycles. The van der Waals surface area contributed by atoms with Gasteiger partial charge in [0.1, 0.15) is 11.6 Å². The van der Waals surface area contributed by atoms with Gasteiger partial charge in [0.25, 0.3) is 0 Å². The van der Waals surface area contributed by atoms with E-state index in [2.05, 4.69) is 0 Å². The van der Waals surface area contributed by atoms with Crippen LogP contribution in [-0.4, -0.2) is 37.2 Å². The third-order valence-electron chi connectivity index (χ3n) is 3.84. The molecule has 1 fully saturated rings. The summed E-state index contributed by atoms with van der Waals surface area (Å²) in [5.41, 5.74) is -0.339. The molecule has 2 unspecified atom stereocenters. The number of halogens is 2. The second kappa shape index (κ2) is 6.37. The molecule has 0 amide bonds. The maximum absolute atomic E-state index is 13.6. The van der Waals surface area contributed by atoms with Crippen LogP contribution in [0, 0.1) is 17.6 Å². The lowest BCUT2D eigenvalue weighted by atomic mass is 9.90. The van der Waals surface area contributed by atoms with E-state index in [1.807, 2.05) is 0 Å². The van der Waals surface area contributed by atoms with Gasteiger partial charge in [-0.15, -0.1) is 0 Å². The van der Waals surface area contributed by atoms with E-state index in [1.165, 1.54) is 10.4 Å². The Kier molecular flexibility index (Phi) is 4.95. The first kappa shape index (κ1) is 16.3. The fourth-order valence-corrected chi connectivity index (χ4v) is 3.73. The molecule has 118 valence electrons. The Labute approximate surface area is 123 Å². The van der Waals surface area contributed by atoms with E-state index < -0.39 is 27.8 Å². The van der Waals surface area contributed by atoms with E-state index in [4.69, 9.17) is 0 Å². The molecule has 7 heteroatoms. The molecule has 1 N–H and O–H groups in total. The first-order valence-corrected chi connectivity index (χ1v) is 8.71. The van der Waals surface area contributed by atoms with Gasteiger partial charge in [0.2, 0.25) is 10.0 Å². The summed E-state index contributed by atoms with van der Waals surface area (Å²) in [6.45, 7) is 0.742. The number of hydrogen-bond donors (Lipinski definition) is 1. The highest BCUT2D eigenvalue weighted by molar-refractivity contribution is 7.88. The molecule has 21 heavy (non-hydrogen) atoms. The highest BCUT2D eigenvalue weighted by atomic mass is 32.2. The number of aliphatic hydroxyl groups is 1. The molecule has 1 heterocycles. The quantitative estimate of drug-likeness (QED) is 0.924. The van der Waals surface area contributed by atoms with Gasteiger partial charge in [-0.2, -0.15) is 0 Å². The molecule has 0 aliphatic carbocycles. The predicted molar refractivity (Wildman–Crippen MR) is 75.1 cm³/mol. The minimum atomic E-state index is -3.27. The van der Waals surface area contributed by atoms with Gasteiger partial charge in [-0.05, 0) is 37.3 Å². The second-order valence-electron chi connectivity index (χ2n) is 5.52. The molecule has 0 aromatic heterocycles. The standard InChI is InChI=1S/C14H19F2NO3S/c1-21(19,20)17-7-3-4-10(9-17)8-13(18)14-11(15)5-2-6-12(14)16/h2,5-6,10,13,18H,3-4,7-9H2,1H3. The molecule has 4 nitrogen and oxygen atoms in total. The Balaban J connectivity index is 2.07. The topological polar surface area (TPSA) is 57.6 Å². The second-order valence-corrected chi connectivity index (χ2v) is 7.50. The minimum Gasteiger partial charge on any atom is -0.388 e. The van der Waals surface area contributed by atoms with Crippen LogP contribution >= 0.6 is 0 Å². The Morgan fingerprint density at radius 3 is 2.57 bits per heavy atom. The molecule has 0 bridgehead atoms. The van der Waals surface area contributed by atoms with Crippen LogP contribution in [0.4, 0.5) is 8.78 Å². The molecular formula is C14H19F2NO3S. The summed E-state index contributed by atoms with van der Waals surface area (Å²) in [5, 5.41) is 10.1. The SMILES string of the molecule is CS(=O)(=O)N1CCCC(CC(O)c2c(F)cccc2F)C1. The van der Waals surface area contributed by atoms with Crippen molar-refractivity contribution in [3.05, 3.63) is 35.4 Å². The van der Waals surface area contributed by atoms with Gasteiger partial charge < -0.3 is 5.11 Å². The van der Waals surface area contributed by atoms with Gasteiger partial charge in [0.15, 0.2) is 0 Å². The van der Waals surface area contributed by atoms with Crippen molar-refractivity contribution in [3.8, 4) is 0 Å². The van der Waals surface area contributed by atoms with E-state index in [-0.39, 0.29) is 24.4 Å². The third kappa shape index (κ3) is 3.99. The summed E-state index contributed by atoms with van der Waals surface area (Å²) < 4.78 is 51.7. The summed E-state index contributed by atoms with van der Waals surface area (Å²) in [7, 11) is -3.27. The zero-order valence-electron chi connectivity index (χ0n) is 11.8. The molecule has 1 aromatic carbocycles. The molecule has 0 spiro atoms. The van der Waals surface area contributed by atoms with Crippen LogP contribution in [0.5, 0.6) is 0 Å². The Bertz CT molecular complexity index is 586. The predicted octanol–water partition coefficient (Wildman–Crippen LogP) is 2.06. The lowest BCUT2D eigenvalue weighted by Crippen LogP contribution is -2.39. The summed E-state index contributed by atoms with van der Waals surface area (Å²) in [4.78, 5) is 0. The Morgan fingerprint density at radius 1 is 1.38 bits per heavy atom. The highest BCUT2D eigenvalue weighted by Gasteiger charge is 2.29. The highest BCUT2D eigenvalue weighted by Crippen LogP contribution is 2.30. The molecule has 0 radical (unpaired) electrons. The smallest absolute Gasteiger partial charge is 0.211 e. The van der Waals surface area contributed by atoms with Crippen molar-refractivity contribution in [1.29, 1.82) is 0 Å². The molecule has 1 saturated heterocycles. The van der Waals surface area contributed by atoms with E-state index in [9.17, 15) is 22.3 Å². The number of benzene rings is 1. The molecule has 1 aliphatic rings. The normalized spacial score (nSPS) is 22.2. The first-order valence-electron chi connectivity index (χ1n) is 6.86. The number of rotatable bonds is 4. The summed E-state index contributed by atoms with van der Waals surface area (Å²) in [6, 6.07) is 3.45. The molecular weight excluding hydrogens is 300 g/mol. The number of sulfonamides is 1. The molecule has 1 aromatic rings. The van der Waals surface area contributed by atoms with Crippen LogP contribution < -0.4 is 0 Å². The zero-order valence-corrected chi connectivity index (χ0v) is 12.6. The van der Waals surface area contributed by atoms with Crippen LogP contribution in [0.25, 0.3) is 0 Å². The van der Waals surface area contributed by atoms with Gasteiger partial charge in [-0.3, -0.25) is 0 Å². The Morgan fingerprint density at radius 2 is 2.00 bits per heavy atom. The van der Waals surface area contributed by atoms with Gasteiger partial charge in [-0.1, -0.05) is 6.07 Å². The largest absolute Gasteiger partial charge is 0.388 e. The van der Waals surface area contributed by atoms with Crippen molar-refractivity contribution in [1.82, 2.24) is 4.31 Å². The first-order chi connectivity index (χ1) is 9.79. The van der Waals surface area contributed by atoms with Crippen LogP contribution in [-0.2, 0) is 10.0 Å². The molecule has 2 rings (SSSR count). The van der Waals surface area contributed by atoms with E-state index in [1.54, 1.807) is 0 Å². The van der Waals surface area contributed by atoms with Crippen LogP contribution in [0.15, 0.2) is 18.2 Å². The van der Waals surface area contributed by atoms with Gasteiger partial charge in [-0.25, -0.2) is 21.5 Å². The summed E-state index contributed by atoms with van der Waals surface area (Å²) in [5.74, 6) is -1.67. The van der Waals surface area contributed by atoms with Crippen molar-refractivity contribution >= 4 is 10.0 Å². The van der Waals surface area contributed by atoms with Crippen molar-refractivity contribution in [2.75, 3.05) is 19.3 Å². The van der Waals surface area contributed by atoms with Crippen LogP contribution in [0.2, 0.25) is 0 Å². The number of nitrogens with zero attached hydrogens (tertiary/aromatic N) is 1. The van der Waals surface area contributed by atoms with E-state index in [0.717, 1.165) is 24.8 Å². The van der Waals surface area contributed by atoms with E-state index >= 15 is 0 Å². The average Bonchev–Trinajstić information content (AvgIpc) is 2.37. The fourth-order valence-electron chi connectivity index (χ4n) is 2.78. The average molecular weight is 319 g/mol. The van der Waals surface area contributed by atoms with E-state index in [0.29, 0.717) is 13.0 Å². The number of aliphatic hydroxyl groups excluding tert-OH is 1. The zero-order chi connectivity index (χ0) is 15.6. The lowest BCUT2D eigenvalue weighted by Gasteiger charge is -2.32. The monoisotopic (exact) mass is 319 g/mol. The minimum absolute atomic E-state index is 0.109. The fraction of sp³-hybridized carbons (Fsp3) is 0.571. The number of piperidine rings is 1. The molecule has 2 atom stereocenters. The van der Waals surface area contributed by atoms with Crippen LogP contribution in [0.1, 0.15) is 30.9 Å². The van der Waals surface area contributed by atoms with Crippen LogP contribution in [0.3, 0.4) is 0 Å². The van der Waals surface area contributed by atoms with Crippen molar-refractivity contribution in [2.45, 2.75) is 25.4 Å². The summed E-state index contributed by atoms with van der Waals surface area (Å²) >= 11 is 0. The van der Waals surface area contributed by atoms with Gasteiger partial charge >= 0.3 is 0 Å². The van der Waals surface area contributed by atoms with Gasteiger partial charge in [0.05, 0.1) is 17.9 Å². The third-order valence-corrected chi connectivity index (χ3v) is 5.11. The molecule has 0 saturated carbocycles. The van der Waals surface area contributed by atoms with Crippen molar-refractivity contribution in [2.24, 2.45) is 5.92 Å². The number of hydrogen-bond acceptors (Lipinski definition) is 3. The van der Waals surface area contributed by atoms with Crippen molar-refractivity contribution < 1.29 is 22.3 Å². The Hall–Kier alpha value is -1.05. The maximum atomic E-state index is 13.6. The van der Waals surface area contributed by atoms with Gasteiger partial charge in [0, 0.05) is 13.1 Å². The lowest BCUT2D eigenvalue weighted by molar-refractivity contribution is 0.116. The summed E-state index contributed by atoms with van der Waals surface area (Å²) in [6.07, 6.45) is 1.44. The van der Waals surface area contributed by atoms with Crippen molar-refractivity contribution in [3.63, 3.8) is 0 Å². The maximum Gasteiger partial charge on any atom is 0.211 e.